The lowest BCUT2D eigenvalue weighted by Gasteiger charge is -2.32. The van der Waals surface area contributed by atoms with Gasteiger partial charge in [0.2, 0.25) is 17.4 Å². The molecule has 1 aliphatic carbocycles. The normalized spacial score (nSPS) is 18.9. The Balaban J connectivity index is 1.35. The van der Waals surface area contributed by atoms with Crippen molar-refractivity contribution in [2.75, 3.05) is 17.2 Å². The molecule has 2 atom stereocenters. The van der Waals surface area contributed by atoms with E-state index in [1.165, 1.54) is 0 Å². The van der Waals surface area contributed by atoms with Crippen LogP contribution in [0.5, 0.6) is 0 Å². The number of fused-ring (bicyclic) bond motifs is 3. The summed E-state index contributed by atoms with van der Waals surface area (Å²) in [6.07, 6.45) is -3.09. The number of nitrogens with one attached hydrogen (secondary N) is 2. The molecule has 5 rings (SSSR count). The van der Waals surface area contributed by atoms with Gasteiger partial charge in [-0.25, -0.2) is 13.8 Å². The second-order valence-corrected chi connectivity index (χ2v) is 10.3. The second kappa shape index (κ2) is 9.91. The first-order chi connectivity index (χ1) is 19.2. The predicted octanol–water partition coefficient (Wildman–Crippen LogP) is 3.63. The number of amides is 3. The summed E-state index contributed by atoms with van der Waals surface area (Å²) >= 11 is 0. The number of aliphatic hydroxyl groups is 1. The van der Waals surface area contributed by atoms with Gasteiger partial charge >= 0.3 is 6.18 Å². The molecule has 3 amide bonds. The fourth-order valence-corrected chi connectivity index (χ4v) is 5.27. The maximum atomic E-state index is 13.7. The lowest BCUT2D eigenvalue weighted by molar-refractivity contribution is -0.250. The van der Waals surface area contributed by atoms with E-state index < -0.39 is 53.7 Å². The van der Waals surface area contributed by atoms with E-state index in [1.54, 1.807) is 30.5 Å². The Labute approximate surface area is 230 Å². The summed E-state index contributed by atoms with van der Waals surface area (Å²) in [5.41, 5.74) is -2.32. The number of halogens is 5. The Bertz CT molecular complexity index is 1560. The number of alkyl halides is 3. The third kappa shape index (κ3) is 5.12. The van der Waals surface area contributed by atoms with Crippen molar-refractivity contribution < 1.29 is 41.4 Å². The molecule has 41 heavy (non-hydrogen) atoms. The van der Waals surface area contributed by atoms with Crippen LogP contribution in [0.4, 0.5) is 33.5 Å². The Hall–Kier alpha value is -4.39. The molecule has 0 fully saturated rings. The molecule has 13 heteroatoms. The summed E-state index contributed by atoms with van der Waals surface area (Å²) in [5.74, 6) is -4.59. The predicted molar refractivity (Wildman–Crippen MR) is 135 cm³/mol. The highest BCUT2D eigenvalue weighted by Gasteiger charge is 2.57. The fourth-order valence-electron chi connectivity index (χ4n) is 5.27. The van der Waals surface area contributed by atoms with Crippen LogP contribution in [0.25, 0.3) is 0 Å². The van der Waals surface area contributed by atoms with Crippen molar-refractivity contribution >= 4 is 29.2 Å². The molecule has 214 valence electrons. The van der Waals surface area contributed by atoms with Gasteiger partial charge in [0.1, 0.15) is 24.0 Å². The van der Waals surface area contributed by atoms with E-state index in [2.05, 4.69) is 15.6 Å². The third-order valence-electron chi connectivity index (χ3n) is 7.35. The van der Waals surface area contributed by atoms with E-state index in [0.717, 1.165) is 28.8 Å². The Morgan fingerprint density at radius 1 is 1.07 bits per heavy atom. The maximum Gasteiger partial charge on any atom is 0.426 e. The quantitative estimate of drug-likeness (QED) is 0.390. The summed E-state index contributed by atoms with van der Waals surface area (Å²) in [7, 11) is 0. The van der Waals surface area contributed by atoms with Crippen molar-refractivity contribution in [2.24, 2.45) is 0 Å². The number of nitrogens with zero attached hydrogens (tertiary/aromatic N) is 2. The van der Waals surface area contributed by atoms with Crippen molar-refractivity contribution in [3.05, 3.63) is 88.6 Å². The molecule has 1 spiro atoms. The van der Waals surface area contributed by atoms with Crippen LogP contribution in [0.1, 0.15) is 29.2 Å². The number of benzene rings is 2. The topological polar surface area (TPSA) is 112 Å². The minimum absolute atomic E-state index is 0.201. The van der Waals surface area contributed by atoms with Gasteiger partial charge in [0.15, 0.2) is 0 Å². The lowest BCUT2D eigenvalue weighted by Crippen LogP contribution is -2.57. The SMILES string of the molecule is C[C@](O)(C(=O)N(CC(=O)Nc1ccc2c(c1)C[C@@]1(C2)C(=O)Nc2ncccc21)Cc1cc(F)cc(F)c1)C(F)(F)F. The summed E-state index contributed by atoms with van der Waals surface area (Å²) in [6, 6.07) is 10.6. The zero-order valence-electron chi connectivity index (χ0n) is 21.5. The molecule has 8 nitrogen and oxygen atoms in total. The average Bonchev–Trinajstić information content (AvgIpc) is 3.39. The summed E-state index contributed by atoms with van der Waals surface area (Å²) < 4.78 is 67.6. The molecule has 0 radical (unpaired) electrons. The van der Waals surface area contributed by atoms with Crippen molar-refractivity contribution in [2.45, 2.75) is 43.5 Å². The molecule has 2 aliphatic rings. The third-order valence-corrected chi connectivity index (χ3v) is 7.35. The molecule has 0 saturated heterocycles. The first kappa shape index (κ1) is 28.1. The standard InChI is InChI=1S/C28H23F5N4O4/c1-26(41,28(31,32)33)25(40)37(13-15-7-18(29)10-19(30)8-15)14-22(38)35-20-5-4-16-11-27(12-17(16)9-20)21-3-2-6-34-23(21)36-24(27)39/h2-10,41H,11-14H2,1H3,(H,35,38)(H,34,36,39)/t26-,27+/m0/s1. The zero-order valence-corrected chi connectivity index (χ0v) is 21.5. The number of hydrogen-bond donors (Lipinski definition) is 3. The number of pyridine rings is 1. The smallest absolute Gasteiger partial charge is 0.373 e. The van der Waals surface area contributed by atoms with Crippen LogP contribution < -0.4 is 10.6 Å². The van der Waals surface area contributed by atoms with Gasteiger partial charge in [-0.1, -0.05) is 12.1 Å². The molecule has 0 unspecified atom stereocenters. The average molecular weight is 575 g/mol. The Morgan fingerprint density at radius 2 is 1.76 bits per heavy atom. The summed E-state index contributed by atoms with van der Waals surface area (Å²) in [4.78, 5) is 43.1. The van der Waals surface area contributed by atoms with Gasteiger partial charge in [-0.2, -0.15) is 13.2 Å². The van der Waals surface area contributed by atoms with Crippen LogP contribution in [0.2, 0.25) is 0 Å². The fraction of sp³-hybridized carbons (Fsp3) is 0.286. The molecule has 0 bridgehead atoms. The number of hydrogen-bond acceptors (Lipinski definition) is 5. The molecule has 1 aliphatic heterocycles. The molecule has 2 aromatic carbocycles. The second-order valence-electron chi connectivity index (χ2n) is 10.3. The van der Waals surface area contributed by atoms with Crippen LogP contribution in [0.15, 0.2) is 54.7 Å². The zero-order chi connectivity index (χ0) is 29.7. The summed E-state index contributed by atoms with van der Waals surface area (Å²) in [5, 5.41) is 15.2. The van der Waals surface area contributed by atoms with Crippen LogP contribution in [-0.2, 0) is 39.2 Å². The number of aromatic nitrogens is 1. The summed E-state index contributed by atoms with van der Waals surface area (Å²) in [6.45, 7) is -1.52. The highest BCUT2D eigenvalue weighted by Crippen LogP contribution is 2.47. The van der Waals surface area contributed by atoms with Crippen molar-refractivity contribution in [3.63, 3.8) is 0 Å². The number of rotatable bonds is 6. The van der Waals surface area contributed by atoms with Gasteiger partial charge in [0.25, 0.3) is 5.91 Å². The van der Waals surface area contributed by atoms with Crippen LogP contribution in [0, 0.1) is 11.6 Å². The maximum absolute atomic E-state index is 13.7. The first-order valence-corrected chi connectivity index (χ1v) is 12.4. The molecule has 3 aromatic rings. The molecule has 3 N–H and O–H groups in total. The van der Waals surface area contributed by atoms with Crippen molar-refractivity contribution in [3.8, 4) is 0 Å². The van der Waals surface area contributed by atoms with Gasteiger partial charge < -0.3 is 20.6 Å². The van der Waals surface area contributed by atoms with Gasteiger partial charge in [0.05, 0.1) is 5.41 Å². The monoisotopic (exact) mass is 574 g/mol. The Morgan fingerprint density at radius 3 is 2.44 bits per heavy atom. The van der Waals surface area contributed by atoms with E-state index >= 15 is 0 Å². The van der Waals surface area contributed by atoms with E-state index in [0.29, 0.717) is 29.6 Å². The molecule has 0 saturated carbocycles. The van der Waals surface area contributed by atoms with Gasteiger partial charge in [-0.3, -0.25) is 14.4 Å². The van der Waals surface area contributed by atoms with E-state index in [-0.39, 0.29) is 24.1 Å². The molecular formula is C28H23F5N4O4. The highest BCUT2D eigenvalue weighted by atomic mass is 19.4. The molecular weight excluding hydrogens is 551 g/mol. The minimum Gasteiger partial charge on any atom is -0.373 e. The lowest BCUT2D eigenvalue weighted by atomic mass is 9.79. The van der Waals surface area contributed by atoms with Crippen LogP contribution in [0.3, 0.4) is 0 Å². The molecule has 2 heterocycles. The molecule has 1 aromatic heterocycles. The van der Waals surface area contributed by atoms with E-state index in [1.807, 2.05) is 6.07 Å². The first-order valence-electron chi connectivity index (χ1n) is 12.4. The minimum atomic E-state index is -5.39. The number of carbonyl (C=O) groups is 3. The largest absolute Gasteiger partial charge is 0.426 e. The highest BCUT2D eigenvalue weighted by molar-refractivity contribution is 6.06. The Kier molecular flexibility index (Phi) is 6.80. The van der Waals surface area contributed by atoms with Crippen LogP contribution >= 0.6 is 0 Å². The van der Waals surface area contributed by atoms with Crippen molar-refractivity contribution in [1.29, 1.82) is 0 Å². The number of carbonyl (C=O) groups excluding carboxylic acids is 3. The van der Waals surface area contributed by atoms with Crippen LogP contribution in [-0.4, -0.2) is 51.0 Å². The van der Waals surface area contributed by atoms with E-state index in [9.17, 15) is 41.4 Å². The van der Waals surface area contributed by atoms with E-state index in [4.69, 9.17) is 0 Å². The van der Waals surface area contributed by atoms with Gasteiger partial charge in [0, 0.05) is 30.1 Å². The van der Waals surface area contributed by atoms with Gasteiger partial charge in [-0.15, -0.1) is 0 Å². The van der Waals surface area contributed by atoms with Gasteiger partial charge in [-0.05, 0) is 66.8 Å². The number of anilines is 2. The van der Waals surface area contributed by atoms with Crippen molar-refractivity contribution in [1.82, 2.24) is 9.88 Å².